The van der Waals surface area contributed by atoms with E-state index in [0.29, 0.717) is 5.02 Å². The minimum atomic E-state index is -4.02. The second-order valence-corrected chi connectivity index (χ2v) is 10.6. The zero-order valence-electron chi connectivity index (χ0n) is 18.5. The SMILES string of the molecule is Cc1ccc(S(=O)(=O)N(CC(=O)N[C@@H](C)CCc2ccccc2)c2ccc(Cl)c(Cl)c2)cc1. The first-order valence-electron chi connectivity index (χ1n) is 10.5. The van der Waals surface area contributed by atoms with Gasteiger partial charge >= 0.3 is 0 Å². The van der Waals surface area contributed by atoms with Gasteiger partial charge in [-0.1, -0.05) is 71.2 Å². The van der Waals surface area contributed by atoms with Gasteiger partial charge in [-0.15, -0.1) is 0 Å². The average Bonchev–Trinajstić information content (AvgIpc) is 2.79. The van der Waals surface area contributed by atoms with Gasteiger partial charge in [-0.25, -0.2) is 8.42 Å². The molecule has 0 aromatic heterocycles. The third-order valence-electron chi connectivity index (χ3n) is 5.20. The number of nitrogens with zero attached hydrogens (tertiary/aromatic N) is 1. The standard InChI is InChI=1S/C25H26Cl2N2O3S/c1-18-8-13-22(14-9-18)33(31,32)29(21-12-15-23(26)24(27)16-21)17-25(30)28-19(2)10-11-20-6-4-3-5-7-20/h3-9,12-16,19H,10-11,17H2,1-2H3,(H,28,30)/t19-/m0/s1. The maximum atomic E-state index is 13.4. The van der Waals surface area contributed by atoms with Gasteiger partial charge in [-0.05, 0) is 62.6 Å². The van der Waals surface area contributed by atoms with Crippen molar-refractivity contribution in [2.75, 3.05) is 10.8 Å². The molecule has 3 aromatic carbocycles. The first-order valence-corrected chi connectivity index (χ1v) is 12.7. The molecule has 0 heterocycles. The van der Waals surface area contributed by atoms with Crippen LogP contribution in [0.3, 0.4) is 0 Å². The van der Waals surface area contributed by atoms with E-state index in [0.717, 1.165) is 22.7 Å². The summed E-state index contributed by atoms with van der Waals surface area (Å²) >= 11 is 12.2. The van der Waals surface area contributed by atoms with E-state index >= 15 is 0 Å². The summed E-state index contributed by atoms with van der Waals surface area (Å²) in [6, 6.07) is 20.8. The number of aryl methyl sites for hydroxylation is 2. The van der Waals surface area contributed by atoms with Gasteiger partial charge in [0.25, 0.3) is 10.0 Å². The maximum absolute atomic E-state index is 13.4. The molecule has 0 bridgehead atoms. The van der Waals surface area contributed by atoms with Crippen LogP contribution in [0.4, 0.5) is 5.69 Å². The quantitative estimate of drug-likeness (QED) is 0.410. The van der Waals surface area contributed by atoms with Gasteiger partial charge in [0.1, 0.15) is 6.54 Å². The molecule has 3 aromatic rings. The molecule has 0 saturated heterocycles. The highest BCUT2D eigenvalue weighted by Gasteiger charge is 2.28. The Bertz CT molecular complexity index is 1200. The van der Waals surface area contributed by atoms with E-state index in [1.165, 1.54) is 35.9 Å². The summed E-state index contributed by atoms with van der Waals surface area (Å²) in [5, 5.41) is 3.41. The second-order valence-electron chi connectivity index (χ2n) is 7.92. The lowest BCUT2D eigenvalue weighted by atomic mass is 10.1. The van der Waals surface area contributed by atoms with E-state index in [1.54, 1.807) is 12.1 Å². The maximum Gasteiger partial charge on any atom is 0.264 e. The molecule has 0 unspecified atom stereocenters. The van der Waals surface area contributed by atoms with Crippen molar-refractivity contribution in [3.8, 4) is 0 Å². The van der Waals surface area contributed by atoms with Crippen LogP contribution >= 0.6 is 23.2 Å². The smallest absolute Gasteiger partial charge is 0.264 e. The Morgan fingerprint density at radius 3 is 2.27 bits per heavy atom. The molecular formula is C25H26Cl2N2O3S. The third-order valence-corrected chi connectivity index (χ3v) is 7.73. The molecule has 0 aliphatic heterocycles. The molecule has 0 aliphatic carbocycles. The lowest BCUT2D eigenvalue weighted by molar-refractivity contribution is -0.120. The summed E-state index contributed by atoms with van der Waals surface area (Å²) in [6.07, 6.45) is 1.54. The zero-order valence-corrected chi connectivity index (χ0v) is 20.8. The number of sulfonamides is 1. The van der Waals surface area contributed by atoms with Crippen LogP contribution in [-0.4, -0.2) is 26.9 Å². The first kappa shape index (κ1) is 25.1. The molecule has 33 heavy (non-hydrogen) atoms. The van der Waals surface area contributed by atoms with Crippen molar-refractivity contribution >= 4 is 44.8 Å². The number of nitrogens with one attached hydrogen (secondary N) is 1. The van der Waals surface area contributed by atoms with Gasteiger partial charge in [0.15, 0.2) is 0 Å². The number of anilines is 1. The van der Waals surface area contributed by atoms with Crippen LogP contribution in [-0.2, 0) is 21.2 Å². The van der Waals surface area contributed by atoms with Crippen molar-refractivity contribution in [2.24, 2.45) is 0 Å². The van der Waals surface area contributed by atoms with Gasteiger partial charge in [-0.3, -0.25) is 9.10 Å². The molecule has 0 aliphatic rings. The highest BCUT2D eigenvalue weighted by atomic mass is 35.5. The summed E-state index contributed by atoms with van der Waals surface area (Å²) in [5.74, 6) is -0.405. The monoisotopic (exact) mass is 504 g/mol. The number of hydrogen-bond donors (Lipinski definition) is 1. The summed E-state index contributed by atoms with van der Waals surface area (Å²) in [6.45, 7) is 3.39. The second kappa shape index (κ2) is 11.1. The number of carbonyl (C=O) groups excluding carboxylic acids is 1. The predicted octanol–water partition coefficient (Wildman–Crippen LogP) is 5.63. The summed E-state index contributed by atoms with van der Waals surface area (Å²) in [5.41, 5.74) is 2.37. The molecule has 0 fully saturated rings. The first-order chi connectivity index (χ1) is 15.7. The molecule has 1 amide bonds. The van der Waals surface area contributed by atoms with Crippen LogP contribution in [0.1, 0.15) is 24.5 Å². The van der Waals surface area contributed by atoms with Crippen LogP contribution < -0.4 is 9.62 Å². The Balaban J connectivity index is 1.79. The molecule has 0 saturated carbocycles. The Morgan fingerprint density at radius 2 is 1.64 bits per heavy atom. The van der Waals surface area contributed by atoms with Crippen LogP contribution in [0.5, 0.6) is 0 Å². The molecule has 0 radical (unpaired) electrons. The van der Waals surface area contributed by atoms with Crippen LogP contribution in [0.2, 0.25) is 10.0 Å². The Labute approximate surface area is 205 Å². The number of hydrogen-bond acceptors (Lipinski definition) is 3. The van der Waals surface area contributed by atoms with Gasteiger partial charge < -0.3 is 5.32 Å². The van der Waals surface area contributed by atoms with E-state index in [2.05, 4.69) is 5.32 Å². The Hall–Kier alpha value is -2.54. The van der Waals surface area contributed by atoms with Gasteiger partial charge in [0.2, 0.25) is 5.91 Å². The molecule has 3 rings (SSSR count). The number of benzene rings is 3. The van der Waals surface area contributed by atoms with Gasteiger partial charge in [-0.2, -0.15) is 0 Å². The molecule has 0 spiro atoms. The molecule has 8 heteroatoms. The van der Waals surface area contributed by atoms with Crippen LogP contribution in [0, 0.1) is 6.92 Å². The third kappa shape index (κ3) is 6.73. The molecule has 5 nitrogen and oxygen atoms in total. The minimum absolute atomic E-state index is 0.0871. The van der Waals surface area contributed by atoms with E-state index in [-0.39, 0.29) is 28.2 Å². The van der Waals surface area contributed by atoms with Crippen molar-refractivity contribution in [2.45, 2.75) is 37.6 Å². The molecule has 174 valence electrons. The Morgan fingerprint density at radius 1 is 0.970 bits per heavy atom. The number of carbonyl (C=O) groups is 1. The number of amides is 1. The number of rotatable bonds is 9. The predicted molar refractivity (Wildman–Crippen MR) is 135 cm³/mol. The lowest BCUT2D eigenvalue weighted by Crippen LogP contribution is -2.43. The molecule has 1 N–H and O–H groups in total. The van der Waals surface area contributed by atoms with Gasteiger partial charge in [0, 0.05) is 6.04 Å². The largest absolute Gasteiger partial charge is 0.352 e. The fourth-order valence-corrected chi connectivity index (χ4v) is 5.05. The highest BCUT2D eigenvalue weighted by molar-refractivity contribution is 7.92. The van der Waals surface area contributed by atoms with Crippen LogP contribution in [0.25, 0.3) is 0 Å². The van der Waals surface area contributed by atoms with Crippen molar-refractivity contribution in [3.63, 3.8) is 0 Å². The lowest BCUT2D eigenvalue weighted by Gasteiger charge is -2.25. The van der Waals surface area contributed by atoms with Crippen molar-refractivity contribution in [1.29, 1.82) is 0 Å². The number of halogens is 2. The fraction of sp³-hybridized carbons (Fsp3) is 0.240. The normalized spacial score (nSPS) is 12.2. The van der Waals surface area contributed by atoms with Crippen molar-refractivity contribution < 1.29 is 13.2 Å². The topological polar surface area (TPSA) is 66.5 Å². The highest BCUT2D eigenvalue weighted by Crippen LogP contribution is 2.30. The van der Waals surface area contributed by atoms with E-state index in [1.807, 2.05) is 44.2 Å². The minimum Gasteiger partial charge on any atom is -0.352 e. The van der Waals surface area contributed by atoms with E-state index in [9.17, 15) is 13.2 Å². The average molecular weight is 505 g/mol. The Kier molecular flexibility index (Phi) is 8.40. The van der Waals surface area contributed by atoms with Crippen molar-refractivity contribution in [1.82, 2.24) is 5.32 Å². The summed E-state index contributed by atoms with van der Waals surface area (Å²) in [7, 11) is -4.02. The molecular weight excluding hydrogens is 479 g/mol. The van der Waals surface area contributed by atoms with Crippen LogP contribution in [0.15, 0.2) is 77.7 Å². The fourth-order valence-electron chi connectivity index (χ4n) is 3.34. The van der Waals surface area contributed by atoms with Gasteiger partial charge in [0.05, 0.1) is 20.6 Å². The van der Waals surface area contributed by atoms with E-state index in [4.69, 9.17) is 23.2 Å². The van der Waals surface area contributed by atoms with Crippen molar-refractivity contribution in [3.05, 3.63) is 94.0 Å². The zero-order chi connectivity index (χ0) is 24.0. The molecule has 1 atom stereocenters. The summed E-state index contributed by atoms with van der Waals surface area (Å²) in [4.78, 5) is 12.9. The summed E-state index contributed by atoms with van der Waals surface area (Å²) < 4.78 is 27.9. The van der Waals surface area contributed by atoms with E-state index < -0.39 is 15.9 Å².